The van der Waals surface area contributed by atoms with Crippen molar-refractivity contribution in [3.05, 3.63) is 64.7 Å². The number of anilines is 1. The number of ether oxygens (including phenoxy) is 2. The van der Waals surface area contributed by atoms with E-state index in [1.54, 1.807) is 31.4 Å². The zero-order valence-electron chi connectivity index (χ0n) is 18.8. The largest absolute Gasteiger partial charge is 0.463 e. The molecule has 0 heterocycles. The molecule has 0 fully saturated rings. The van der Waals surface area contributed by atoms with Crippen molar-refractivity contribution in [1.29, 1.82) is 0 Å². The summed E-state index contributed by atoms with van der Waals surface area (Å²) < 4.78 is 10.1. The molecule has 172 valence electrons. The maximum atomic E-state index is 12.7. The third-order valence-corrected chi connectivity index (χ3v) is 5.58. The second-order valence-electron chi connectivity index (χ2n) is 7.95. The minimum absolute atomic E-state index is 0.196. The van der Waals surface area contributed by atoms with E-state index in [1.807, 2.05) is 18.2 Å². The van der Waals surface area contributed by atoms with E-state index in [9.17, 15) is 9.59 Å². The Kier molecular flexibility index (Phi) is 8.62. The van der Waals surface area contributed by atoms with Gasteiger partial charge in [-0.2, -0.15) is 0 Å². The number of hydrogen-bond acceptors (Lipinski definition) is 5. The lowest BCUT2D eigenvalue weighted by atomic mass is 9.82. The molecule has 0 aliphatic heterocycles. The summed E-state index contributed by atoms with van der Waals surface area (Å²) in [5, 5.41) is 2.95. The highest BCUT2D eigenvalue weighted by Gasteiger charge is 2.22. The van der Waals surface area contributed by atoms with Crippen molar-refractivity contribution in [2.75, 3.05) is 32.2 Å². The predicted molar refractivity (Wildman–Crippen MR) is 128 cm³/mol. The predicted octanol–water partition coefficient (Wildman–Crippen LogP) is 2.96. The van der Waals surface area contributed by atoms with E-state index in [4.69, 9.17) is 21.6 Å². The van der Waals surface area contributed by atoms with Crippen LogP contribution in [0.25, 0.3) is 0 Å². The quantitative estimate of drug-likeness (QED) is 0.202. The maximum Gasteiger partial charge on any atom is 0.306 e. The molecule has 7 nitrogen and oxygen atoms in total. The van der Waals surface area contributed by atoms with E-state index < -0.39 is 0 Å². The van der Waals surface area contributed by atoms with Crippen LogP contribution in [0.1, 0.15) is 39.9 Å². The van der Waals surface area contributed by atoms with E-state index in [0.29, 0.717) is 30.0 Å². The van der Waals surface area contributed by atoms with Gasteiger partial charge in [-0.3, -0.25) is 14.6 Å². The summed E-state index contributed by atoms with van der Waals surface area (Å²) in [6, 6.07) is 12.8. The Morgan fingerprint density at radius 2 is 1.91 bits per heavy atom. The third-order valence-electron chi connectivity index (χ3n) is 5.58. The molecule has 0 radical (unpaired) electrons. The second-order valence-corrected chi connectivity index (χ2v) is 7.95. The van der Waals surface area contributed by atoms with E-state index in [0.717, 1.165) is 30.5 Å². The Morgan fingerprint density at radius 1 is 1.15 bits per heavy atom. The summed E-state index contributed by atoms with van der Waals surface area (Å²) in [7, 11) is 1.57. The first-order chi connectivity index (χ1) is 16.0. The molecule has 1 aliphatic carbocycles. The highest BCUT2D eigenvalue weighted by molar-refractivity contribution is 6.05. The molecule has 33 heavy (non-hydrogen) atoms. The Balaban J connectivity index is 1.60. The summed E-state index contributed by atoms with van der Waals surface area (Å²) >= 11 is 0. The van der Waals surface area contributed by atoms with Gasteiger partial charge in [0.05, 0.1) is 6.61 Å². The summed E-state index contributed by atoms with van der Waals surface area (Å²) in [5.41, 5.74) is 10.2. The van der Waals surface area contributed by atoms with Crippen LogP contribution in [0.4, 0.5) is 5.69 Å². The molecule has 0 aromatic heterocycles. The first-order valence-corrected chi connectivity index (χ1v) is 10.9. The van der Waals surface area contributed by atoms with E-state index >= 15 is 0 Å². The first kappa shape index (κ1) is 24.0. The van der Waals surface area contributed by atoms with Crippen LogP contribution in [-0.2, 0) is 27.1 Å². The van der Waals surface area contributed by atoms with Gasteiger partial charge in [0.2, 0.25) is 0 Å². The number of aliphatic imine (C=N–C) groups is 1. The number of methoxy groups -OCH3 is 1. The highest BCUT2D eigenvalue weighted by Crippen LogP contribution is 2.30. The van der Waals surface area contributed by atoms with Crippen LogP contribution in [0, 0.1) is 18.3 Å². The number of amidine groups is 1. The fourth-order valence-electron chi connectivity index (χ4n) is 3.84. The lowest BCUT2D eigenvalue weighted by molar-refractivity contribution is -0.146. The molecule has 0 spiro atoms. The molecular weight excluding hydrogens is 418 g/mol. The van der Waals surface area contributed by atoms with Crippen molar-refractivity contribution in [3.8, 4) is 12.3 Å². The number of fused-ring (bicyclic) bond motifs is 1. The zero-order valence-corrected chi connectivity index (χ0v) is 18.8. The van der Waals surface area contributed by atoms with Crippen LogP contribution in [0.2, 0.25) is 0 Å². The van der Waals surface area contributed by atoms with Gasteiger partial charge in [0.25, 0.3) is 5.91 Å². The van der Waals surface area contributed by atoms with Gasteiger partial charge in [0.15, 0.2) is 0 Å². The van der Waals surface area contributed by atoms with Gasteiger partial charge < -0.3 is 20.5 Å². The summed E-state index contributed by atoms with van der Waals surface area (Å²) in [6.07, 6.45) is 8.21. The van der Waals surface area contributed by atoms with Gasteiger partial charge in [-0.1, -0.05) is 24.1 Å². The van der Waals surface area contributed by atoms with Crippen molar-refractivity contribution in [1.82, 2.24) is 0 Å². The average Bonchev–Trinajstić information content (AvgIpc) is 2.82. The number of nitrogens with zero attached hydrogens (tertiary/aromatic N) is 1. The number of amides is 1. The van der Waals surface area contributed by atoms with Crippen LogP contribution in [-0.4, -0.2) is 44.6 Å². The highest BCUT2D eigenvalue weighted by atomic mass is 16.6. The SMILES string of the molecule is C#CCN=C(N)c1ccc(C(=O)Nc2ccc3c(c2)CC(CC(=O)OCCOC)CC3)cc1. The molecule has 0 bridgehead atoms. The Hall–Kier alpha value is -3.63. The van der Waals surface area contributed by atoms with Crippen LogP contribution in [0.5, 0.6) is 0 Å². The molecule has 7 heteroatoms. The van der Waals surface area contributed by atoms with Crippen LogP contribution < -0.4 is 11.1 Å². The number of nitrogens with one attached hydrogen (secondary N) is 1. The molecule has 1 aliphatic rings. The molecule has 3 N–H and O–H groups in total. The lowest BCUT2D eigenvalue weighted by Crippen LogP contribution is -2.20. The number of terminal acetylenes is 1. The molecule has 0 saturated carbocycles. The molecule has 3 rings (SSSR count). The summed E-state index contributed by atoms with van der Waals surface area (Å²) in [5.74, 6) is 2.57. The second kappa shape index (κ2) is 11.8. The van der Waals surface area contributed by atoms with E-state index in [2.05, 4.69) is 16.2 Å². The fourth-order valence-corrected chi connectivity index (χ4v) is 3.84. The third kappa shape index (κ3) is 6.93. The molecule has 1 amide bonds. The number of rotatable bonds is 9. The minimum Gasteiger partial charge on any atom is -0.463 e. The Labute approximate surface area is 194 Å². The minimum atomic E-state index is -0.213. The summed E-state index contributed by atoms with van der Waals surface area (Å²) in [4.78, 5) is 28.8. The number of carbonyl (C=O) groups is 2. The van der Waals surface area contributed by atoms with Crippen molar-refractivity contribution in [3.63, 3.8) is 0 Å². The van der Waals surface area contributed by atoms with Crippen LogP contribution >= 0.6 is 0 Å². The number of aryl methyl sites for hydroxylation is 1. The van der Waals surface area contributed by atoms with Crippen molar-refractivity contribution in [2.24, 2.45) is 16.6 Å². The number of hydrogen-bond donors (Lipinski definition) is 2. The van der Waals surface area contributed by atoms with Crippen molar-refractivity contribution < 1.29 is 19.1 Å². The van der Waals surface area contributed by atoms with Gasteiger partial charge in [0.1, 0.15) is 19.0 Å². The molecular formula is C26H29N3O4. The molecule has 2 aromatic carbocycles. The smallest absolute Gasteiger partial charge is 0.306 e. The van der Waals surface area contributed by atoms with E-state index in [-0.39, 0.29) is 30.9 Å². The van der Waals surface area contributed by atoms with E-state index in [1.165, 1.54) is 5.56 Å². The van der Waals surface area contributed by atoms with Crippen molar-refractivity contribution >= 4 is 23.4 Å². The molecule has 1 atom stereocenters. The number of carbonyl (C=O) groups excluding carboxylic acids is 2. The molecule has 2 aromatic rings. The monoisotopic (exact) mass is 447 g/mol. The maximum absolute atomic E-state index is 12.7. The zero-order chi connectivity index (χ0) is 23.6. The first-order valence-electron chi connectivity index (χ1n) is 10.9. The van der Waals surface area contributed by atoms with Gasteiger partial charge in [0, 0.05) is 30.3 Å². The normalized spacial score (nSPS) is 15.3. The van der Waals surface area contributed by atoms with Gasteiger partial charge in [-0.15, -0.1) is 6.42 Å². The van der Waals surface area contributed by atoms with Crippen molar-refractivity contribution in [2.45, 2.75) is 25.7 Å². The van der Waals surface area contributed by atoms with Gasteiger partial charge in [-0.25, -0.2) is 0 Å². The number of benzene rings is 2. The Morgan fingerprint density at radius 3 is 2.64 bits per heavy atom. The lowest BCUT2D eigenvalue weighted by Gasteiger charge is -2.24. The molecule has 0 saturated heterocycles. The van der Waals surface area contributed by atoms with Gasteiger partial charge in [-0.05, 0) is 60.6 Å². The summed E-state index contributed by atoms with van der Waals surface area (Å²) in [6.45, 7) is 0.889. The standard InChI is InChI=1S/C26H29N3O4/c1-3-12-28-25(27)20-6-8-21(9-7-20)26(31)29-23-11-10-19-5-4-18(15-22(19)17-23)16-24(30)33-14-13-32-2/h1,6-11,17-18H,4-5,12-16H2,2H3,(H2,27,28)(H,29,31). The number of nitrogens with two attached hydrogens (primary N) is 1. The average molecular weight is 448 g/mol. The fraction of sp³-hybridized carbons (Fsp3) is 0.346. The topological polar surface area (TPSA) is 103 Å². The van der Waals surface area contributed by atoms with Crippen LogP contribution in [0.3, 0.4) is 0 Å². The number of esters is 1. The molecule has 1 unspecified atom stereocenters. The van der Waals surface area contributed by atoms with Gasteiger partial charge >= 0.3 is 5.97 Å². The Bertz CT molecular complexity index is 1050. The van der Waals surface area contributed by atoms with Crippen LogP contribution in [0.15, 0.2) is 47.5 Å².